The minimum Gasteiger partial charge on any atom is -0.379 e. The molecule has 0 amide bonds. The summed E-state index contributed by atoms with van der Waals surface area (Å²) in [5.41, 5.74) is 2.74. The summed E-state index contributed by atoms with van der Waals surface area (Å²) in [6, 6.07) is 6.77. The van der Waals surface area contributed by atoms with Gasteiger partial charge in [-0.3, -0.25) is 0 Å². The Morgan fingerprint density at radius 2 is 2.20 bits per heavy atom. The molecule has 0 unspecified atom stereocenters. The molecule has 2 atom stereocenters. The lowest BCUT2D eigenvalue weighted by molar-refractivity contribution is 0.0815. The van der Waals surface area contributed by atoms with Gasteiger partial charge in [-0.2, -0.15) is 0 Å². The Morgan fingerprint density at radius 3 is 2.80 bits per heavy atom. The number of ether oxygens (including phenoxy) is 1. The van der Waals surface area contributed by atoms with E-state index in [1.807, 2.05) is 7.05 Å². The summed E-state index contributed by atoms with van der Waals surface area (Å²) in [6.07, 6.45) is 1.26. The molecule has 84 valence electrons. The van der Waals surface area contributed by atoms with Crippen LogP contribution in [0.2, 0.25) is 0 Å². The molecular weight excluding hydrogens is 277 g/mol. The first kappa shape index (κ1) is 13.0. The van der Waals surface area contributed by atoms with Gasteiger partial charge in [0.2, 0.25) is 0 Å². The minimum absolute atomic E-state index is 0. The maximum absolute atomic E-state index is 5.46. The van der Waals surface area contributed by atoms with Crippen LogP contribution in [0.15, 0.2) is 22.7 Å². The Hall–Kier alpha value is -0.0900. The highest BCUT2D eigenvalue weighted by Crippen LogP contribution is 2.34. The van der Waals surface area contributed by atoms with E-state index in [-0.39, 0.29) is 18.5 Å². The molecule has 15 heavy (non-hydrogen) atoms. The molecule has 0 heterocycles. The lowest BCUT2D eigenvalue weighted by Gasteiger charge is -2.17. The molecule has 1 aliphatic carbocycles. The van der Waals surface area contributed by atoms with E-state index in [2.05, 4.69) is 39.4 Å². The van der Waals surface area contributed by atoms with Crippen molar-refractivity contribution in [3.63, 3.8) is 0 Å². The number of nitrogens with one attached hydrogen (secondary N) is 1. The van der Waals surface area contributed by atoms with E-state index in [0.29, 0.717) is 6.04 Å². The van der Waals surface area contributed by atoms with Crippen LogP contribution in [0.3, 0.4) is 0 Å². The summed E-state index contributed by atoms with van der Waals surface area (Å²) >= 11 is 3.49. The summed E-state index contributed by atoms with van der Waals surface area (Å²) in [6.45, 7) is 0. The molecule has 0 fully saturated rings. The Kier molecular flexibility index (Phi) is 4.59. The molecule has 0 spiro atoms. The number of likely N-dealkylation sites (N-methyl/N-ethyl adjacent to an activating group) is 1. The van der Waals surface area contributed by atoms with Gasteiger partial charge in [-0.1, -0.05) is 22.0 Å². The van der Waals surface area contributed by atoms with Crippen molar-refractivity contribution in [1.82, 2.24) is 5.32 Å². The summed E-state index contributed by atoms with van der Waals surface area (Å²) in [5.74, 6) is 0. The molecule has 0 radical (unpaired) electrons. The van der Waals surface area contributed by atoms with Crippen LogP contribution in [0.25, 0.3) is 0 Å². The Bertz CT molecular complexity index is 345. The van der Waals surface area contributed by atoms with Crippen molar-refractivity contribution in [3.05, 3.63) is 33.8 Å². The van der Waals surface area contributed by atoms with Crippen LogP contribution in [-0.2, 0) is 11.2 Å². The summed E-state index contributed by atoms with van der Waals surface area (Å²) < 4.78 is 6.60. The predicted octanol–water partition coefficient (Wildman–Crippen LogP) is 2.70. The molecule has 2 rings (SSSR count). The number of benzene rings is 1. The zero-order valence-electron chi connectivity index (χ0n) is 8.79. The van der Waals surface area contributed by atoms with Gasteiger partial charge in [0.1, 0.15) is 0 Å². The maximum Gasteiger partial charge on any atom is 0.0806 e. The second kappa shape index (κ2) is 5.30. The fraction of sp³-hybridized carbons (Fsp3) is 0.455. The minimum atomic E-state index is 0. The van der Waals surface area contributed by atoms with Crippen LogP contribution in [-0.4, -0.2) is 20.3 Å². The molecule has 0 aliphatic heterocycles. The molecule has 2 nitrogen and oxygen atoms in total. The van der Waals surface area contributed by atoms with Crippen LogP contribution < -0.4 is 5.32 Å². The van der Waals surface area contributed by atoms with E-state index in [9.17, 15) is 0 Å². The lowest BCUT2D eigenvalue weighted by atomic mass is 10.1. The third kappa shape index (κ3) is 2.36. The fourth-order valence-electron chi connectivity index (χ4n) is 2.15. The number of halogens is 2. The molecule has 1 aromatic carbocycles. The number of hydrogen-bond acceptors (Lipinski definition) is 2. The summed E-state index contributed by atoms with van der Waals surface area (Å²) in [7, 11) is 3.75. The van der Waals surface area contributed by atoms with Gasteiger partial charge < -0.3 is 10.1 Å². The molecule has 0 aromatic heterocycles. The third-order valence-electron chi connectivity index (χ3n) is 2.85. The predicted molar refractivity (Wildman–Crippen MR) is 67.7 cm³/mol. The third-order valence-corrected chi connectivity index (χ3v) is 3.34. The molecule has 4 heteroatoms. The number of hydrogen-bond donors (Lipinski definition) is 1. The van der Waals surface area contributed by atoms with Crippen LogP contribution in [0.5, 0.6) is 0 Å². The normalized spacial score (nSPS) is 23.4. The average molecular weight is 293 g/mol. The average Bonchev–Trinajstić information content (AvgIpc) is 2.54. The molecular formula is C11H15BrClNO. The molecule has 0 saturated heterocycles. The standard InChI is InChI=1S/C11H14BrNO.ClH/c1-13-11-9-4-3-8(12)5-7(9)6-10(11)14-2;/h3-5,10-11,13H,6H2,1-2H3;1H/t10-,11+;/m1./s1. The van der Waals surface area contributed by atoms with E-state index in [1.165, 1.54) is 11.1 Å². The quantitative estimate of drug-likeness (QED) is 0.905. The second-order valence-corrected chi connectivity index (χ2v) is 4.50. The first-order valence-electron chi connectivity index (χ1n) is 4.74. The summed E-state index contributed by atoms with van der Waals surface area (Å²) in [4.78, 5) is 0. The van der Waals surface area contributed by atoms with E-state index >= 15 is 0 Å². The molecule has 0 bridgehead atoms. The van der Waals surface area contributed by atoms with Gasteiger partial charge in [-0.25, -0.2) is 0 Å². The molecule has 1 aromatic rings. The molecule has 0 saturated carbocycles. The smallest absolute Gasteiger partial charge is 0.0806 e. The SMILES string of the molecule is CN[C@H]1c2ccc(Br)cc2C[C@H]1OC.Cl. The van der Waals surface area contributed by atoms with E-state index < -0.39 is 0 Å². The first-order chi connectivity index (χ1) is 6.76. The van der Waals surface area contributed by atoms with E-state index in [4.69, 9.17) is 4.74 Å². The van der Waals surface area contributed by atoms with Crippen molar-refractivity contribution in [2.45, 2.75) is 18.6 Å². The van der Waals surface area contributed by atoms with Crippen molar-refractivity contribution in [3.8, 4) is 0 Å². The van der Waals surface area contributed by atoms with Gasteiger partial charge in [0.15, 0.2) is 0 Å². The van der Waals surface area contributed by atoms with Gasteiger partial charge in [-0.05, 0) is 30.3 Å². The highest BCUT2D eigenvalue weighted by atomic mass is 79.9. The second-order valence-electron chi connectivity index (χ2n) is 3.59. The largest absolute Gasteiger partial charge is 0.379 e. The fourth-order valence-corrected chi connectivity index (χ4v) is 2.56. The Labute approximate surface area is 105 Å². The van der Waals surface area contributed by atoms with Gasteiger partial charge >= 0.3 is 0 Å². The molecule has 1 aliphatic rings. The highest BCUT2D eigenvalue weighted by Gasteiger charge is 2.31. The zero-order chi connectivity index (χ0) is 10.1. The maximum atomic E-state index is 5.46. The Morgan fingerprint density at radius 1 is 1.47 bits per heavy atom. The van der Waals surface area contributed by atoms with Gasteiger partial charge in [-0.15, -0.1) is 12.4 Å². The van der Waals surface area contributed by atoms with Crippen molar-refractivity contribution in [1.29, 1.82) is 0 Å². The van der Waals surface area contributed by atoms with Crippen molar-refractivity contribution < 1.29 is 4.74 Å². The van der Waals surface area contributed by atoms with Crippen LogP contribution in [0, 0.1) is 0 Å². The topological polar surface area (TPSA) is 21.3 Å². The van der Waals surface area contributed by atoms with E-state index in [1.54, 1.807) is 7.11 Å². The van der Waals surface area contributed by atoms with E-state index in [0.717, 1.165) is 10.9 Å². The van der Waals surface area contributed by atoms with Crippen LogP contribution in [0.4, 0.5) is 0 Å². The van der Waals surface area contributed by atoms with Crippen molar-refractivity contribution in [2.24, 2.45) is 0 Å². The first-order valence-corrected chi connectivity index (χ1v) is 5.54. The lowest BCUT2D eigenvalue weighted by Crippen LogP contribution is -2.27. The van der Waals surface area contributed by atoms with Crippen molar-refractivity contribution >= 4 is 28.3 Å². The number of fused-ring (bicyclic) bond motifs is 1. The Balaban J connectivity index is 0.00000112. The highest BCUT2D eigenvalue weighted by molar-refractivity contribution is 9.10. The van der Waals surface area contributed by atoms with Gasteiger partial charge in [0, 0.05) is 18.0 Å². The van der Waals surface area contributed by atoms with Crippen LogP contribution >= 0.6 is 28.3 Å². The number of rotatable bonds is 2. The number of methoxy groups -OCH3 is 1. The van der Waals surface area contributed by atoms with Gasteiger partial charge in [0.25, 0.3) is 0 Å². The van der Waals surface area contributed by atoms with Gasteiger partial charge in [0.05, 0.1) is 12.1 Å². The zero-order valence-corrected chi connectivity index (χ0v) is 11.2. The molecule has 1 N–H and O–H groups in total. The van der Waals surface area contributed by atoms with Crippen LogP contribution in [0.1, 0.15) is 17.2 Å². The summed E-state index contributed by atoms with van der Waals surface area (Å²) in [5, 5.41) is 3.30. The monoisotopic (exact) mass is 291 g/mol. The van der Waals surface area contributed by atoms with Crippen molar-refractivity contribution in [2.75, 3.05) is 14.2 Å².